The van der Waals surface area contributed by atoms with Gasteiger partial charge < -0.3 is 4.57 Å². The van der Waals surface area contributed by atoms with E-state index in [1.165, 1.54) is 0 Å². The summed E-state index contributed by atoms with van der Waals surface area (Å²) >= 11 is 0. The summed E-state index contributed by atoms with van der Waals surface area (Å²) in [7, 11) is 0. The Balaban J connectivity index is 2.54. The number of allylic oxidation sites excluding steroid dienone is 2. The third-order valence-electron chi connectivity index (χ3n) is 2.91. The highest BCUT2D eigenvalue weighted by atomic mass is 19.1. The zero-order chi connectivity index (χ0) is 10.8. The van der Waals surface area contributed by atoms with Gasteiger partial charge in [-0.1, -0.05) is 13.5 Å². The first kappa shape index (κ1) is 10.2. The van der Waals surface area contributed by atoms with Crippen LogP contribution < -0.4 is 10.6 Å². The highest BCUT2D eigenvalue weighted by Gasteiger charge is 2.05. The van der Waals surface area contributed by atoms with Crippen LogP contribution in [0.3, 0.4) is 0 Å². The monoisotopic (exact) mass is 205 g/mol. The summed E-state index contributed by atoms with van der Waals surface area (Å²) in [4.78, 5) is 0. The topological polar surface area (TPSA) is 4.93 Å². The van der Waals surface area contributed by atoms with Crippen LogP contribution in [0.25, 0.3) is 12.7 Å². The van der Waals surface area contributed by atoms with Crippen LogP contribution >= 0.6 is 0 Å². The second-order valence-corrected chi connectivity index (χ2v) is 4.29. The van der Waals surface area contributed by atoms with Gasteiger partial charge in [-0.25, -0.2) is 4.39 Å². The van der Waals surface area contributed by atoms with Gasteiger partial charge in [0, 0.05) is 23.3 Å². The highest BCUT2D eigenvalue weighted by Crippen LogP contribution is 2.11. The van der Waals surface area contributed by atoms with Gasteiger partial charge in [-0.3, -0.25) is 0 Å². The second kappa shape index (κ2) is 4.05. The minimum absolute atomic E-state index is 0.147. The molecule has 0 saturated heterocycles. The van der Waals surface area contributed by atoms with Crippen LogP contribution in [0, 0.1) is 5.92 Å². The van der Waals surface area contributed by atoms with E-state index in [1.807, 2.05) is 12.3 Å². The summed E-state index contributed by atoms with van der Waals surface area (Å²) in [5.74, 6) is 0.416. The molecule has 0 spiro atoms. The SMILES string of the molecule is C=c1/c2ccn1CC(C)CC/C=C(F)\C=2. The van der Waals surface area contributed by atoms with E-state index < -0.39 is 0 Å². The van der Waals surface area contributed by atoms with Crippen LogP contribution in [0.2, 0.25) is 0 Å². The van der Waals surface area contributed by atoms with Crippen molar-refractivity contribution in [1.82, 2.24) is 4.57 Å². The Morgan fingerprint density at radius 1 is 1.53 bits per heavy atom. The van der Waals surface area contributed by atoms with Gasteiger partial charge in [0.2, 0.25) is 0 Å². The second-order valence-electron chi connectivity index (χ2n) is 4.29. The fourth-order valence-electron chi connectivity index (χ4n) is 1.97. The molecule has 80 valence electrons. The number of nitrogens with zero attached hydrogens (tertiary/aromatic N) is 1. The van der Waals surface area contributed by atoms with E-state index in [1.54, 1.807) is 12.2 Å². The van der Waals surface area contributed by atoms with Gasteiger partial charge in [0.1, 0.15) is 5.83 Å². The lowest BCUT2D eigenvalue weighted by Crippen LogP contribution is -2.29. The van der Waals surface area contributed by atoms with E-state index in [0.29, 0.717) is 5.92 Å². The Labute approximate surface area is 89.2 Å². The molecular weight excluding hydrogens is 189 g/mol. The molecule has 0 fully saturated rings. The molecule has 1 aliphatic heterocycles. The van der Waals surface area contributed by atoms with Crippen molar-refractivity contribution in [3.8, 4) is 0 Å². The van der Waals surface area contributed by atoms with Gasteiger partial charge in [-0.15, -0.1) is 0 Å². The molecule has 1 aromatic heterocycles. The maximum atomic E-state index is 13.4. The summed E-state index contributed by atoms with van der Waals surface area (Å²) in [6.07, 6.45) is 7.06. The van der Waals surface area contributed by atoms with E-state index >= 15 is 0 Å². The molecule has 0 aromatic carbocycles. The van der Waals surface area contributed by atoms with Gasteiger partial charge in [0.15, 0.2) is 0 Å². The number of aromatic nitrogens is 1. The Hall–Kier alpha value is -1.31. The molecule has 0 amide bonds. The zero-order valence-corrected chi connectivity index (χ0v) is 9.04. The standard InChI is InChI=1S/C13H16FN/c1-10-4-3-5-13(14)8-12-6-7-15(9-10)11(12)2/h5-8,10H,2-4,9H2,1H3/b12-8+,13-5+. The first-order valence-corrected chi connectivity index (χ1v) is 5.38. The molecule has 1 nitrogen and oxygen atoms in total. The Kier molecular flexibility index (Phi) is 2.76. The van der Waals surface area contributed by atoms with Crippen molar-refractivity contribution in [3.63, 3.8) is 0 Å². The van der Waals surface area contributed by atoms with E-state index in [0.717, 1.165) is 30.0 Å². The maximum absolute atomic E-state index is 13.4. The van der Waals surface area contributed by atoms with Crippen LogP contribution in [0.4, 0.5) is 4.39 Å². The predicted octanol–water partition coefficient (Wildman–Crippen LogP) is 1.96. The zero-order valence-electron chi connectivity index (χ0n) is 9.04. The summed E-state index contributed by atoms with van der Waals surface area (Å²) in [5.41, 5.74) is 0. The third-order valence-corrected chi connectivity index (χ3v) is 2.91. The Morgan fingerprint density at radius 3 is 3.13 bits per heavy atom. The lowest BCUT2D eigenvalue weighted by molar-refractivity contribution is 0.447. The minimum atomic E-state index is -0.147. The van der Waals surface area contributed by atoms with Crippen LogP contribution in [-0.2, 0) is 6.54 Å². The van der Waals surface area contributed by atoms with Gasteiger partial charge in [-0.05, 0) is 37.0 Å². The molecule has 1 aromatic rings. The van der Waals surface area contributed by atoms with E-state index in [2.05, 4.69) is 18.1 Å². The number of fused-ring (bicyclic) bond motifs is 2. The maximum Gasteiger partial charge on any atom is 0.119 e. The van der Waals surface area contributed by atoms with Crippen molar-refractivity contribution in [1.29, 1.82) is 0 Å². The first-order chi connectivity index (χ1) is 7.16. The molecule has 1 unspecified atom stereocenters. The van der Waals surface area contributed by atoms with Crippen LogP contribution in [-0.4, -0.2) is 4.57 Å². The molecular formula is C13H16FN. The summed E-state index contributed by atoms with van der Waals surface area (Å²) < 4.78 is 15.5. The van der Waals surface area contributed by atoms with Crippen molar-refractivity contribution in [2.45, 2.75) is 26.3 Å². The number of halogens is 1. The van der Waals surface area contributed by atoms with Gasteiger partial charge >= 0.3 is 0 Å². The quantitative estimate of drug-likeness (QED) is 0.610. The molecule has 1 atom stereocenters. The number of rotatable bonds is 0. The fourth-order valence-corrected chi connectivity index (χ4v) is 1.97. The van der Waals surface area contributed by atoms with Crippen molar-refractivity contribution < 1.29 is 4.39 Å². The first-order valence-electron chi connectivity index (χ1n) is 5.38. The van der Waals surface area contributed by atoms with Crippen LogP contribution in [0.5, 0.6) is 0 Å². The Bertz CT molecular complexity index is 481. The Morgan fingerprint density at radius 2 is 2.33 bits per heavy atom. The molecule has 2 bridgehead atoms. The normalized spacial score (nSPS) is 27.5. The van der Waals surface area contributed by atoms with Crippen LogP contribution in [0.1, 0.15) is 19.8 Å². The molecule has 0 N–H and O–H groups in total. The average Bonchev–Trinajstić information content (AvgIpc) is 2.50. The van der Waals surface area contributed by atoms with Crippen molar-refractivity contribution in [2.75, 3.05) is 0 Å². The molecule has 2 heteroatoms. The van der Waals surface area contributed by atoms with Crippen LogP contribution in [0.15, 0.2) is 24.2 Å². The van der Waals surface area contributed by atoms with E-state index in [-0.39, 0.29) is 5.83 Å². The lowest BCUT2D eigenvalue weighted by Gasteiger charge is -2.12. The number of hydrogen-bond acceptors (Lipinski definition) is 0. The van der Waals surface area contributed by atoms with Crippen molar-refractivity contribution >= 4 is 12.7 Å². The van der Waals surface area contributed by atoms with Crippen molar-refractivity contribution in [3.05, 3.63) is 34.7 Å². The lowest BCUT2D eigenvalue weighted by atomic mass is 10.1. The van der Waals surface area contributed by atoms with Gasteiger partial charge in [0.25, 0.3) is 0 Å². The van der Waals surface area contributed by atoms with Gasteiger partial charge in [-0.2, -0.15) is 0 Å². The molecule has 0 saturated carbocycles. The molecule has 15 heavy (non-hydrogen) atoms. The largest absolute Gasteiger partial charge is 0.348 e. The van der Waals surface area contributed by atoms with E-state index in [4.69, 9.17) is 0 Å². The van der Waals surface area contributed by atoms with Gasteiger partial charge in [0.05, 0.1) is 0 Å². The minimum Gasteiger partial charge on any atom is -0.348 e. The smallest absolute Gasteiger partial charge is 0.119 e. The fraction of sp³-hybridized carbons (Fsp3) is 0.385. The van der Waals surface area contributed by atoms with E-state index in [9.17, 15) is 4.39 Å². The molecule has 1 aliphatic rings. The number of hydrogen-bond donors (Lipinski definition) is 0. The summed E-state index contributed by atoms with van der Waals surface area (Å²) in [6, 6.07) is 1.92. The summed E-state index contributed by atoms with van der Waals surface area (Å²) in [6.45, 7) is 7.15. The average molecular weight is 205 g/mol. The molecule has 0 aliphatic carbocycles. The third kappa shape index (κ3) is 2.20. The molecule has 0 radical (unpaired) electrons. The predicted molar refractivity (Wildman–Crippen MR) is 61.3 cm³/mol. The van der Waals surface area contributed by atoms with Crippen molar-refractivity contribution in [2.24, 2.45) is 5.92 Å². The molecule has 2 rings (SSSR count). The summed E-state index contributed by atoms with van der Waals surface area (Å²) in [5, 5.41) is 1.80. The highest BCUT2D eigenvalue weighted by molar-refractivity contribution is 5.42. The molecule has 2 heterocycles.